The minimum atomic E-state index is -3.38. The number of aromatic nitrogens is 1. The van der Waals surface area contributed by atoms with E-state index in [0.29, 0.717) is 13.1 Å². The number of sulfonamides is 1. The van der Waals surface area contributed by atoms with Crippen LogP contribution in [0.5, 0.6) is 0 Å². The van der Waals surface area contributed by atoms with Gasteiger partial charge in [0, 0.05) is 30.2 Å². The van der Waals surface area contributed by atoms with Crippen LogP contribution in [0.1, 0.15) is 5.56 Å². The van der Waals surface area contributed by atoms with Crippen molar-refractivity contribution in [2.75, 3.05) is 12.3 Å². The second-order valence-corrected chi connectivity index (χ2v) is 5.63. The van der Waals surface area contributed by atoms with Gasteiger partial charge in [-0.3, -0.25) is 0 Å². The molecule has 92 valence electrons. The van der Waals surface area contributed by atoms with Gasteiger partial charge in [-0.25, -0.2) is 13.6 Å². The minimum absolute atomic E-state index is 0.0455. The molecule has 4 N–H and O–H groups in total. The number of fused-ring (bicyclic) bond motifs is 1. The molecule has 5 nitrogen and oxygen atoms in total. The van der Waals surface area contributed by atoms with Gasteiger partial charge in [-0.05, 0) is 17.7 Å². The Hall–Kier alpha value is -1.37. The molecule has 0 fully saturated rings. The van der Waals surface area contributed by atoms with Crippen molar-refractivity contribution in [3.63, 3.8) is 0 Å². The van der Waals surface area contributed by atoms with E-state index >= 15 is 0 Å². The summed E-state index contributed by atoms with van der Waals surface area (Å²) in [5.74, 6) is -0.0455. The first-order valence-electron chi connectivity index (χ1n) is 5.32. The lowest BCUT2D eigenvalue weighted by atomic mass is 10.1. The van der Waals surface area contributed by atoms with E-state index in [-0.39, 0.29) is 5.75 Å². The molecule has 0 aliphatic rings. The molecule has 0 spiro atoms. The van der Waals surface area contributed by atoms with Crippen molar-refractivity contribution in [2.24, 2.45) is 5.14 Å². The van der Waals surface area contributed by atoms with Crippen LogP contribution in [0.15, 0.2) is 30.5 Å². The zero-order valence-electron chi connectivity index (χ0n) is 9.31. The number of hydrogen-bond donors (Lipinski definition) is 3. The number of H-pyrrole nitrogens is 1. The fourth-order valence-corrected chi connectivity index (χ4v) is 2.17. The molecule has 0 aliphatic heterocycles. The second kappa shape index (κ2) is 4.87. The Labute approximate surface area is 100 Å². The van der Waals surface area contributed by atoms with Crippen LogP contribution < -0.4 is 10.5 Å². The van der Waals surface area contributed by atoms with Crippen LogP contribution in [0, 0.1) is 0 Å². The van der Waals surface area contributed by atoms with E-state index in [1.165, 1.54) is 0 Å². The van der Waals surface area contributed by atoms with Gasteiger partial charge in [0.25, 0.3) is 0 Å². The summed E-state index contributed by atoms with van der Waals surface area (Å²) in [7, 11) is -3.38. The van der Waals surface area contributed by atoms with Gasteiger partial charge in [0.15, 0.2) is 0 Å². The highest BCUT2D eigenvalue weighted by Gasteiger charge is 2.03. The molecule has 0 bridgehead atoms. The second-order valence-electron chi connectivity index (χ2n) is 3.90. The average molecular weight is 253 g/mol. The molecule has 0 saturated heterocycles. The summed E-state index contributed by atoms with van der Waals surface area (Å²) in [5.41, 5.74) is 2.22. The lowest BCUT2D eigenvalue weighted by Gasteiger charge is -2.05. The van der Waals surface area contributed by atoms with Gasteiger partial charge in [-0.15, -0.1) is 0 Å². The number of hydrogen-bond acceptors (Lipinski definition) is 3. The summed E-state index contributed by atoms with van der Waals surface area (Å²) >= 11 is 0. The van der Waals surface area contributed by atoms with Crippen LogP contribution in [0.4, 0.5) is 0 Å². The largest absolute Gasteiger partial charge is 0.361 e. The lowest BCUT2D eigenvalue weighted by molar-refractivity contribution is 0.592. The summed E-state index contributed by atoms with van der Waals surface area (Å²) in [5, 5.41) is 9.13. The average Bonchev–Trinajstić information content (AvgIpc) is 2.71. The maximum atomic E-state index is 10.7. The summed E-state index contributed by atoms with van der Waals surface area (Å²) in [4.78, 5) is 3.13. The number of aromatic amines is 1. The Morgan fingerprint density at radius 1 is 1.29 bits per heavy atom. The first-order chi connectivity index (χ1) is 8.06. The minimum Gasteiger partial charge on any atom is -0.361 e. The summed E-state index contributed by atoms with van der Waals surface area (Å²) in [6.45, 7) is 0.990. The molecule has 17 heavy (non-hydrogen) atoms. The van der Waals surface area contributed by atoms with Crippen LogP contribution in [-0.4, -0.2) is 25.7 Å². The van der Waals surface area contributed by atoms with E-state index < -0.39 is 10.0 Å². The molecular weight excluding hydrogens is 238 g/mol. The Kier molecular flexibility index (Phi) is 3.46. The Morgan fingerprint density at radius 3 is 2.88 bits per heavy atom. The van der Waals surface area contributed by atoms with Gasteiger partial charge in [-0.2, -0.15) is 0 Å². The van der Waals surface area contributed by atoms with Crippen molar-refractivity contribution in [1.82, 2.24) is 10.3 Å². The van der Waals surface area contributed by atoms with Crippen molar-refractivity contribution < 1.29 is 8.42 Å². The van der Waals surface area contributed by atoms with E-state index in [1.807, 2.05) is 30.5 Å². The topological polar surface area (TPSA) is 88.0 Å². The van der Waals surface area contributed by atoms with Gasteiger partial charge in [0.1, 0.15) is 0 Å². The quantitative estimate of drug-likeness (QED) is 0.680. The van der Waals surface area contributed by atoms with Crippen molar-refractivity contribution >= 4 is 20.9 Å². The highest BCUT2D eigenvalue weighted by atomic mass is 32.2. The van der Waals surface area contributed by atoms with Crippen LogP contribution in [0.3, 0.4) is 0 Å². The first kappa shape index (κ1) is 12.1. The highest BCUT2D eigenvalue weighted by molar-refractivity contribution is 7.89. The molecular formula is C11H15N3O2S. The molecule has 6 heteroatoms. The Balaban J connectivity index is 1.97. The third-order valence-corrected chi connectivity index (χ3v) is 3.34. The van der Waals surface area contributed by atoms with Crippen molar-refractivity contribution in [1.29, 1.82) is 0 Å². The monoisotopic (exact) mass is 253 g/mol. The Morgan fingerprint density at radius 2 is 2.12 bits per heavy atom. The number of nitrogens with two attached hydrogens (primary N) is 1. The predicted octanol–water partition coefficient (Wildman–Crippen LogP) is 0.546. The number of rotatable bonds is 5. The molecule has 0 radical (unpaired) electrons. The molecule has 0 unspecified atom stereocenters. The molecule has 1 aromatic heterocycles. The maximum absolute atomic E-state index is 10.7. The van der Waals surface area contributed by atoms with E-state index in [9.17, 15) is 8.42 Å². The van der Waals surface area contributed by atoms with Crippen molar-refractivity contribution in [3.05, 3.63) is 36.0 Å². The van der Waals surface area contributed by atoms with Gasteiger partial charge in [0.2, 0.25) is 10.0 Å². The standard InChI is InChI=1S/C11H15N3O2S/c12-17(15,16)7-6-13-8-9-2-1-3-11-10(9)4-5-14-11/h1-5,13-14H,6-8H2,(H2,12,15,16). The zero-order valence-corrected chi connectivity index (χ0v) is 10.1. The van der Waals surface area contributed by atoms with Gasteiger partial charge < -0.3 is 10.3 Å². The van der Waals surface area contributed by atoms with E-state index in [1.54, 1.807) is 0 Å². The molecule has 1 heterocycles. The third kappa shape index (κ3) is 3.29. The Bertz CT molecular complexity index is 604. The maximum Gasteiger partial charge on any atom is 0.210 e. The van der Waals surface area contributed by atoms with E-state index in [2.05, 4.69) is 10.3 Å². The molecule has 0 amide bonds. The first-order valence-corrected chi connectivity index (χ1v) is 7.04. The lowest BCUT2D eigenvalue weighted by Crippen LogP contribution is -2.26. The summed E-state index contributed by atoms with van der Waals surface area (Å²) < 4.78 is 21.5. The summed E-state index contributed by atoms with van der Waals surface area (Å²) in [6.07, 6.45) is 1.89. The molecule has 0 aliphatic carbocycles. The van der Waals surface area contributed by atoms with Gasteiger partial charge in [0.05, 0.1) is 5.75 Å². The zero-order chi connectivity index (χ0) is 12.3. The fourth-order valence-electron chi connectivity index (χ4n) is 1.74. The SMILES string of the molecule is NS(=O)(=O)CCNCc1cccc2[nH]ccc12. The molecule has 0 atom stereocenters. The van der Waals surface area contributed by atoms with Crippen molar-refractivity contribution in [3.8, 4) is 0 Å². The fraction of sp³-hybridized carbons (Fsp3) is 0.273. The number of benzene rings is 1. The van der Waals surface area contributed by atoms with Crippen molar-refractivity contribution in [2.45, 2.75) is 6.54 Å². The van der Waals surface area contributed by atoms with Crippen LogP contribution in [0.2, 0.25) is 0 Å². The molecule has 2 aromatic rings. The van der Waals surface area contributed by atoms with E-state index in [4.69, 9.17) is 5.14 Å². The number of primary sulfonamides is 1. The highest BCUT2D eigenvalue weighted by Crippen LogP contribution is 2.16. The number of nitrogens with one attached hydrogen (secondary N) is 2. The molecule has 2 rings (SSSR count). The molecule has 1 aromatic carbocycles. The molecule has 0 saturated carbocycles. The van der Waals surface area contributed by atoms with Crippen LogP contribution >= 0.6 is 0 Å². The van der Waals surface area contributed by atoms with Crippen LogP contribution in [-0.2, 0) is 16.6 Å². The third-order valence-electron chi connectivity index (χ3n) is 2.56. The smallest absolute Gasteiger partial charge is 0.210 e. The van der Waals surface area contributed by atoms with Gasteiger partial charge >= 0.3 is 0 Å². The summed E-state index contributed by atoms with van der Waals surface area (Å²) in [6, 6.07) is 7.99. The van der Waals surface area contributed by atoms with Gasteiger partial charge in [-0.1, -0.05) is 12.1 Å². The normalized spacial score (nSPS) is 12.1. The van der Waals surface area contributed by atoms with E-state index in [0.717, 1.165) is 16.5 Å². The van der Waals surface area contributed by atoms with Crippen LogP contribution in [0.25, 0.3) is 10.9 Å². The predicted molar refractivity (Wildman–Crippen MR) is 68.0 cm³/mol.